The largest absolute Gasteiger partial charge is 0.324 e. The van der Waals surface area contributed by atoms with Crippen molar-refractivity contribution < 1.29 is 4.79 Å². The Morgan fingerprint density at radius 3 is 2.65 bits per heavy atom. The van der Waals surface area contributed by atoms with Gasteiger partial charge in [0.15, 0.2) is 0 Å². The van der Waals surface area contributed by atoms with Crippen LogP contribution in [0.1, 0.15) is 5.56 Å². The molecule has 5 heteroatoms. The Kier molecular flexibility index (Phi) is 5.05. The van der Waals surface area contributed by atoms with Crippen molar-refractivity contribution in [2.24, 2.45) is 0 Å². The number of nitrogens with one attached hydrogen (secondary N) is 1. The van der Waals surface area contributed by atoms with Gasteiger partial charge in [-0.05, 0) is 24.3 Å². The number of carbonyl (C=O) groups excluding carboxylic acids is 1. The molecule has 3 nitrogen and oxygen atoms in total. The van der Waals surface area contributed by atoms with E-state index in [1.54, 1.807) is 30.3 Å². The van der Waals surface area contributed by atoms with Crippen molar-refractivity contribution >= 4 is 35.0 Å². The zero-order valence-corrected chi connectivity index (χ0v) is 12.0. The molecular weight excluding hydrogens is 292 g/mol. The van der Waals surface area contributed by atoms with Crippen LogP contribution >= 0.6 is 23.4 Å². The molecule has 1 amide bonds. The molecule has 0 aliphatic heterocycles. The number of benzene rings is 2. The lowest BCUT2D eigenvalue weighted by molar-refractivity contribution is -0.113. The minimum atomic E-state index is -0.169. The zero-order chi connectivity index (χ0) is 14.4. The summed E-state index contributed by atoms with van der Waals surface area (Å²) in [5.41, 5.74) is 0.975. The summed E-state index contributed by atoms with van der Waals surface area (Å²) in [6.45, 7) is 0. The van der Waals surface area contributed by atoms with E-state index >= 15 is 0 Å². The third-order valence-electron chi connectivity index (χ3n) is 2.52. The second kappa shape index (κ2) is 6.99. The van der Waals surface area contributed by atoms with E-state index in [4.69, 9.17) is 16.9 Å². The van der Waals surface area contributed by atoms with Crippen molar-refractivity contribution in [3.8, 4) is 6.07 Å². The van der Waals surface area contributed by atoms with E-state index in [9.17, 15) is 4.79 Å². The number of anilines is 1. The molecule has 0 fully saturated rings. The maximum atomic E-state index is 11.9. The first-order valence-corrected chi connectivity index (χ1v) is 7.23. The molecule has 0 radical (unpaired) electrons. The van der Waals surface area contributed by atoms with Gasteiger partial charge in [0, 0.05) is 4.90 Å². The minimum absolute atomic E-state index is 0.169. The molecule has 0 unspecified atom stereocenters. The lowest BCUT2D eigenvalue weighted by atomic mass is 10.2. The van der Waals surface area contributed by atoms with Crippen molar-refractivity contribution in [2.75, 3.05) is 11.1 Å². The molecule has 2 aromatic rings. The Balaban J connectivity index is 1.97. The highest BCUT2D eigenvalue weighted by Gasteiger charge is 2.08. The van der Waals surface area contributed by atoms with Gasteiger partial charge in [-0.3, -0.25) is 4.79 Å². The number of thioether (sulfide) groups is 1. The topological polar surface area (TPSA) is 52.9 Å². The van der Waals surface area contributed by atoms with Crippen LogP contribution in [0.3, 0.4) is 0 Å². The summed E-state index contributed by atoms with van der Waals surface area (Å²) in [5.74, 6) is 0.0707. The number of nitrogens with zero attached hydrogens (tertiary/aromatic N) is 1. The minimum Gasteiger partial charge on any atom is -0.324 e. The predicted molar refractivity (Wildman–Crippen MR) is 82.0 cm³/mol. The molecule has 0 atom stereocenters. The molecule has 0 heterocycles. The first kappa shape index (κ1) is 14.4. The van der Waals surface area contributed by atoms with Crippen LogP contribution in [0.25, 0.3) is 0 Å². The van der Waals surface area contributed by atoms with E-state index in [-0.39, 0.29) is 11.7 Å². The summed E-state index contributed by atoms with van der Waals surface area (Å²) < 4.78 is 0. The van der Waals surface area contributed by atoms with Crippen LogP contribution in [-0.4, -0.2) is 11.7 Å². The second-order valence-corrected chi connectivity index (χ2v) is 5.35. The Morgan fingerprint density at radius 1 is 1.20 bits per heavy atom. The zero-order valence-electron chi connectivity index (χ0n) is 10.5. The number of carbonyl (C=O) groups is 1. The van der Waals surface area contributed by atoms with E-state index < -0.39 is 0 Å². The molecule has 1 N–H and O–H groups in total. The summed E-state index contributed by atoms with van der Waals surface area (Å²) in [6.07, 6.45) is 0. The summed E-state index contributed by atoms with van der Waals surface area (Å²) in [6, 6.07) is 16.3. The van der Waals surface area contributed by atoms with Crippen LogP contribution in [0.5, 0.6) is 0 Å². The number of hydrogen-bond acceptors (Lipinski definition) is 3. The summed E-state index contributed by atoms with van der Waals surface area (Å²) in [5, 5.41) is 12.3. The average Bonchev–Trinajstić information content (AvgIpc) is 2.47. The molecule has 0 aromatic heterocycles. The predicted octanol–water partition coefficient (Wildman–Crippen LogP) is 3.94. The van der Waals surface area contributed by atoms with Crippen molar-refractivity contribution in [3.63, 3.8) is 0 Å². The molecule has 20 heavy (non-hydrogen) atoms. The van der Waals surface area contributed by atoms with Crippen LogP contribution in [0, 0.1) is 11.3 Å². The monoisotopic (exact) mass is 302 g/mol. The van der Waals surface area contributed by atoms with Crippen molar-refractivity contribution in [2.45, 2.75) is 4.90 Å². The fourth-order valence-corrected chi connectivity index (χ4v) is 2.62. The van der Waals surface area contributed by atoms with E-state index in [2.05, 4.69) is 5.32 Å². The molecule has 2 aromatic carbocycles. The number of nitriles is 1. The van der Waals surface area contributed by atoms with Gasteiger partial charge in [-0.2, -0.15) is 5.26 Å². The quantitative estimate of drug-likeness (QED) is 0.870. The van der Waals surface area contributed by atoms with Gasteiger partial charge in [0.2, 0.25) is 5.91 Å². The lowest BCUT2D eigenvalue weighted by Gasteiger charge is -2.07. The van der Waals surface area contributed by atoms with Crippen LogP contribution in [0.4, 0.5) is 5.69 Å². The van der Waals surface area contributed by atoms with Gasteiger partial charge in [-0.25, -0.2) is 0 Å². The van der Waals surface area contributed by atoms with Gasteiger partial charge >= 0.3 is 0 Å². The van der Waals surface area contributed by atoms with Crippen LogP contribution in [0.2, 0.25) is 5.02 Å². The molecule has 0 bridgehead atoms. The molecule has 0 aliphatic rings. The second-order valence-electron chi connectivity index (χ2n) is 3.92. The number of halogens is 1. The Bertz CT molecular complexity index is 667. The fourth-order valence-electron chi connectivity index (χ4n) is 1.58. The number of para-hydroxylation sites is 1. The van der Waals surface area contributed by atoms with Crippen molar-refractivity contribution in [1.29, 1.82) is 5.26 Å². The highest BCUT2D eigenvalue weighted by Crippen LogP contribution is 2.26. The first-order chi connectivity index (χ1) is 9.70. The van der Waals surface area contributed by atoms with Crippen LogP contribution < -0.4 is 5.32 Å². The third-order valence-corrected chi connectivity index (χ3v) is 4.03. The standard InChI is InChI=1S/C15H11ClN2OS/c16-12-6-2-4-8-14(12)20-10-15(19)18-13-7-3-1-5-11(13)9-17/h1-8H,10H2,(H,18,19). The van der Waals surface area contributed by atoms with Gasteiger partial charge < -0.3 is 5.32 Å². The normalized spacial score (nSPS) is 9.80. The smallest absolute Gasteiger partial charge is 0.234 e. The van der Waals surface area contributed by atoms with Gasteiger partial charge in [-0.1, -0.05) is 35.9 Å². The van der Waals surface area contributed by atoms with Crippen molar-refractivity contribution in [3.05, 3.63) is 59.1 Å². The highest BCUT2D eigenvalue weighted by molar-refractivity contribution is 8.00. The highest BCUT2D eigenvalue weighted by atomic mass is 35.5. The van der Waals surface area contributed by atoms with E-state index in [1.165, 1.54) is 11.8 Å². The fraction of sp³-hybridized carbons (Fsp3) is 0.0667. The molecular formula is C15H11ClN2OS. The Labute approximate surface area is 126 Å². The first-order valence-electron chi connectivity index (χ1n) is 5.87. The molecule has 2 rings (SSSR count). The van der Waals surface area contributed by atoms with E-state index in [1.807, 2.05) is 24.3 Å². The SMILES string of the molecule is N#Cc1ccccc1NC(=O)CSc1ccccc1Cl. The molecule has 0 saturated carbocycles. The lowest BCUT2D eigenvalue weighted by Crippen LogP contribution is -2.14. The molecule has 0 aliphatic carbocycles. The van der Waals surface area contributed by atoms with Crippen LogP contribution in [-0.2, 0) is 4.79 Å². The summed E-state index contributed by atoms with van der Waals surface area (Å²) in [7, 11) is 0. The summed E-state index contributed by atoms with van der Waals surface area (Å²) >= 11 is 7.38. The number of amides is 1. The summed E-state index contributed by atoms with van der Waals surface area (Å²) in [4.78, 5) is 12.7. The Morgan fingerprint density at radius 2 is 1.90 bits per heavy atom. The van der Waals surface area contributed by atoms with Gasteiger partial charge in [0.25, 0.3) is 0 Å². The maximum Gasteiger partial charge on any atom is 0.234 e. The van der Waals surface area contributed by atoms with Gasteiger partial charge in [0.05, 0.1) is 22.0 Å². The molecule has 100 valence electrons. The molecule has 0 spiro atoms. The number of rotatable bonds is 4. The van der Waals surface area contributed by atoms with E-state index in [0.29, 0.717) is 16.3 Å². The van der Waals surface area contributed by atoms with Gasteiger partial charge in [0.1, 0.15) is 6.07 Å². The maximum absolute atomic E-state index is 11.9. The average molecular weight is 303 g/mol. The van der Waals surface area contributed by atoms with Crippen molar-refractivity contribution in [1.82, 2.24) is 0 Å². The van der Waals surface area contributed by atoms with Crippen LogP contribution in [0.15, 0.2) is 53.4 Å². The van der Waals surface area contributed by atoms with Gasteiger partial charge in [-0.15, -0.1) is 11.8 Å². The Hall–Kier alpha value is -1.96. The van der Waals surface area contributed by atoms with E-state index in [0.717, 1.165) is 4.90 Å². The molecule has 0 saturated heterocycles. The third kappa shape index (κ3) is 3.77. The number of hydrogen-bond donors (Lipinski definition) is 1.